The summed E-state index contributed by atoms with van der Waals surface area (Å²) in [5.74, 6) is -0.806. The highest BCUT2D eigenvalue weighted by Gasteiger charge is 1.99. The fourth-order valence-corrected chi connectivity index (χ4v) is 6.06. The van der Waals surface area contributed by atoms with Gasteiger partial charge in [-0.15, -0.1) is 0 Å². The number of carboxylic acid groups (broad SMARTS) is 1. The minimum Gasteiger partial charge on any atom is -0.481 e. The third kappa shape index (κ3) is 38.9. The van der Waals surface area contributed by atoms with Crippen LogP contribution in [0.3, 0.4) is 0 Å². The van der Waals surface area contributed by atoms with Crippen LogP contribution in [0.25, 0.3) is 0 Å². The lowest BCUT2D eigenvalue weighted by Gasteiger charge is -2.05. The van der Waals surface area contributed by atoms with Gasteiger partial charge < -0.3 is 10.8 Å². The molecule has 0 fully saturated rings. The van der Waals surface area contributed by atoms with E-state index in [0.29, 0.717) is 12.8 Å². The number of carbonyl (C=O) groups is 2. The van der Waals surface area contributed by atoms with Crippen LogP contribution in [0.15, 0.2) is 0 Å². The molecule has 244 valence electrons. The molecule has 0 saturated carbocycles. The van der Waals surface area contributed by atoms with Gasteiger partial charge in [0.05, 0.1) is 0 Å². The van der Waals surface area contributed by atoms with Crippen molar-refractivity contribution in [3.63, 3.8) is 0 Å². The molecule has 0 heterocycles. The first-order valence-corrected chi connectivity index (χ1v) is 18.6. The van der Waals surface area contributed by atoms with E-state index in [2.05, 4.69) is 0 Å². The van der Waals surface area contributed by atoms with Crippen LogP contribution < -0.4 is 5.73 Å². The highest BCUT2D eigenvalue weighted by molar-refractivity contribution is 5.73. The molecule has 0 aromatic rings. The monoisotopic (exact) mass is 580 g/mol. The molecule has 0 aromatic heterocycles. The molecule has 0 aromatic carbocycles. The smallest absolute Gasteiger partial charge is 0.303 e. The van der Waals surface area contributed by atoms with Crippen LogP contribution in [-0.4, -0.2) is 17.0 Å². The van der Waals surface area contributed by atoms with Crippen molar-refractivity contribution in [3.05, 3.63) is 0 Å². The second kappa shape index (κ2) is 35.1. The fourth-order valence-electron chi connectivity index (χ4n) is 6.06. The summed E-state index contributed by atoms with van der Waals surface area (Å²) in [6.07, 6.45) is 45.7. The van der Waals surface area contributed by atoms with Crippen molar-refractivity contribution in [2.24, 2.45) is 5.73 Å². The van der Waals surface area contributed by atoms with Crippen molar-refractivity contribution < 1.29 is 14.7 Å². The Morgan fingerprint density at radius 2 is 0.439 bits per heavy atom. The average Bonchev–Trinajstić information content (AvgIpc) is 2.94. The molecule has 0 aliphatic carbocycles. The van der Waals surface area contributed by atoms with Crippen molar-refractivity contribution in [1.82, 2.24) is 0 Å². The Morgan fingerprint density at radius 3 is 0.585 bits per heavy atom. The molecule has 0 aliphatic heterocycles. The van der Waals surface area contributed by atoms with Gasteiger partial charge in [-0.25, -0.2) is 0 Å². The normalized spacial score (nSPS) is 11.3. The Labute approximate surface area is 256 Å². The molecule has 0 unspecified atom stereocenters. The zero-order valence-corrected chi connectivity index (χ0v) is 27.6. The van der Waals surface area contributed by atoms with Gasteiger partial charge in [0, 0.05) is 12.8 Å². The van der Waals surface area contributed by atoms with Gasteiger partial charge in [0.2, 0.25) is 5.91 Å². The topological polar surface area (TPSA) is 80.4 Å². The maximum Gasteiger partial charge on any atom is 0.303 e. The zero-order chi connectivity index (χ0) is 29.9. The average molecular weight is 580 g/mol. The van der Waals surface area contributed by atoms with Crippen molar-refractivity contribution in [2.45, 2.75) is 225 Å². The van der Waals surface area contributed by atoms with E-state index in [-0.39, 0.29) is 5.91 Å². The first kappa shape index (κ1) is 39.9. The molecule has 3 N–H and O–H groups in total. The Balaban J connectivity index is 3.04. The van der Waals surface area contributed by atoms with Crippen LogP contribution >= 0.6 is 0 Å². The van der Waals surface area contributed by atoms with Gasteiger partial charge in [-0.2, -0.15) is 0 Å². The number of aliphatic carboxylic acids is 1. The standard InChI is InChI=1S/C37H73NO3/c38-36(39)34-32-30-28-26-24-22-20-18-16-14-12-10-8-6-4-2-1-3-5-7-9-11-13-15-17-19-21-23-25-27-29-31-33-35-37(40)41/h1-35H2,(H2,38,39)(H,40,41). The lowest BCUT2D eigenvalue weighted by molar-refractivity contribution is -0.137. The predicted octanol–water partition coefficient (Wildman–Crippen LogP) is 12.2. The van der Waals surface area contributed by atoms with Gasteiger partial charge in [-0.05, 0) is 12.8 Å². The summed E-state index contributed by atoms with van der Waals surface area (Å²) in [7, 11) is 0. The molecule has 41 heavy (non-hydrogen) atoms. The second-order valence-corrected chi connectivity index (χ2v) is 13.0. The van der Waals surface area contributed by atoms with Crippen molar-refractivity contribution >= 4 is 11.9 Å². The molecule has 4 nitrogen and oxygen atoms in total. The van der Waals surface area contributed by atoms with E-state index < -0.39 is 5.97 Å². The Kier molecular flexibility index (Phi) is 34.2. The van der Waals surface area contributed by atoms with E-state index in [1.54, 1.807) is 0 Å². The summed E-state index contributed by atoms with van der Waals surface area (Å²) in [5.41, 5.74) is 5.17. The number of hydrogen-bond donors (Lipinski definition) is 2. The number of carboxylic acids is 1. The highest BCUT2D eigenvalue weighted by Crippen LogP contribution is 2.17. The molecule has 0 spiro atoms. The summed E-state index contributed by atoms with van der Waals surface area (Å²) in [6, 6.07) is 0. The quantitative estimate of drug-likeness (QED) is 0.0724. The Hall–Kier alpha value is -1.06. The van der Waals surface area contributed by atoms with Crippen LogP contribution in [0, 0.1) is 0 Å². The van der Waals surface area contributed by atoms with Gasteiger partial charge in [-0.1, -0.05) is 199 Å². The van der Waals surface area contributed by atoms with Crippen LogP contribution in [0.1, 0.15) is 225 Å². The Bertz CT molecular complexity index is 490. The van der Waals surface area contributed by atoms with Crippen LogP contribution in [0.5, 0.6) is 0 Å². The van der Waals surface area contributed by atoms with E-state index in [1.165, 1.54) is 186 Å². The van der Waals surface area contributed by atoms with Gasteiger partial charge >= 0.3 is 5.97 Å². The minimum absolute atomic E-state index is 0.154. The largest absolute Gasteiger partial charge is 0.481 e. The van der Waals surface area contributed by atoms with Gasteiger partial charge in [0.1, 0.15) is 0 Å². The summed E-state index contributed by atoms with van der Waals surface area (Å²) >= 11 is 0. The first-order chi connectivity index (χ1) is 20.1. The maximum atomic E-state index is 10.7. The molecular formula is C37H73NO3. The summed E-state index contributed by atoms with van der Waals surface area (Å²) in [5, 5.41) is 8.63. The van der Waals surface area contributed by atoms with E-state index in [1.807, 2.05) is 0 Å². The maximum absolute atomic E-state index is 10.7. The molecule has 0 aliphatic rings. The lowest BCUT2D eigenvalue weighted by Crippen LogP contribution is -2.09. The molecule has 0 bridgehead atoms. The third-order valence-corrected chi connectivity index (χ3v) is 8.81. The molecular weight excluding hydrogens is 506 g/mol. The number of hydrogen-bond acceptors (Lipinski definition) is 2. The van der Waals surface area contributed by atoms with Crippen LogP contribution in [0.2, 0.25) is 0 Å². The molecule has 0 saturated heterocycles. The van der Waals surface area contributed by atoms with E-state index in [9.17, 15) is 9.59 Å². The number of rotatable bonds is 36. The molecule has 0 radical (unpaired) electrons. The van der Waals surface area contributed by atoms with Gasteiger partial charge in [0.15, 0.2) is 0 Å². The van der Waals surface area contributed by atoms with E-state index in [0.717, 1.165) is 25.7 Å². The summed E-state index contributed by atoms with van der Waals surface area (Å²) in [6.45, 7) is 0. The lowest BCUT2D eigenvalue weighted by atomic mass is 10.0. The zero-order valence-electron chi connectivity index (χ0n) is 27.6. The van der Waals surface area contributed by atoms with Crippen molar-refractivity contribution in [1.29, 1.82) is 0 Å². The first-order valence-electron chi connectivity index (χ1n) is 18.6. The van der Waals surface area contributed by atoms with Gasteiger partial charge in [-0.3, -0.25) is 9.59 Å². The Morgan fingerprint density at radius 1 is 0.293 bits per heavy atom. The number of primary amides is 1. The van der Waals surface area contributed by atoms with Crippen LogP contribution in [0.4, 0.5) is 0 Å². The van der Waals surface area contributed by atoms with Crippen molar-refractivity contribution in [3.8, 4) is 0 Å². The minimum atomic E-state index is -0.652. The molecule has 4 heteroatoms. The van der Waals surface area contributed by atoms with Crippen molar-refractivity contribution in [2.75, 3.05) is 0 Å². The van der Waals surface area contributed by atoms with Crippen LogP contribution in [-0.2, 0) is 9.59 Å². The summed E-state index contributed by atoms with van der Waals surface area (Å²) in [4.78, 5) is 21.2. The third-order valence-electron chi connectivity index (χ3n) is 8.81. The van der Waals surface area contributed by atoms with Gasteiger partial charge in [0.25, 0.3) is 0 Å². The predicted molar refractivity (Wildman–Crippen MR) is 178 cm³/mol. The fraction of sp³-hybridized carbons (Fsp3) is 0.946. The number of unbranched alkanes of at least 4 members (excludes halogenated alkanes) is 32. The highest BCUT2D eigenvalue weighted by atomic mass is 16.4. The second-order valence-electron chi connectivity index (χ2n) is 13.0. The summed E-state index contributed by atoms with van der Waals surface area (Å²) < 4.78 is 0. The number of carbonyl (C=O) groups excluding carboxylic acids is 1. The molecule has 0 rings (SSSR count). The van der Waals surface area contributed by atoms with E-state index in [4.69, 9.17) is 10.8 Å². The number of nitrogens with two attached hydrogens (primary N) is 1. The molecule has 0 atom stereocenters. The number of amides is 1. The SMILES string of the molecule is NC(=O)CCCCCCCCCCCCCCCCCCCCCCCCCCCCCCCCCCCC(=O)O. The van der Waals surface area contributed by atoms with E-state index >= 15 is 0 Å². The molecule has 1 amide bonds.